The van der Waals surface area contributed by atoms with Gasteiger partial charge < -0.3 is 10.2 Å². The molecule has 1 aliphatic carbocycles. The number of nitrogens with zero attached hydrogens (tertiary/aromatic N) is 1. The zero-order valence-electron chi connectivity index (χ0n) is 12.8. The lowest BCUT2D eigenvalue weighted by Gasteiger charge is -2.47. The van der Waals surface area contributed by atoms with Crippen LogP contribution in [0.3, 0.4) is 0 Å². The van der Waals surface area contributed by atoms with Gasteiger partial charge in [-0.15, -0.1) is 0 Å². The first-order chi connectivity index (χ1) is 9.93. The van der Waals surface area contributed by atoms with E-state index in [0.717, 1.165) is 18.4 Å². The fourth-order valence-electron chi connectivity index (χ4n) is 3.35. The highest BCUT2D eigenvalue weighted by Gasteiger charge is 2.51. The molecular formula is C17H22N2O2. The second kappa shape index (κ2) is 4.86. The monoisotopic (exact) mass is 286 g/mol. The van der Waals surface area contributed by atoms with Gasteiger partial charge in [-0.1, -0.05) is 30.3 Å². The maximum Gasteiger partial charge on any atom is 0.248 e. The summed E-state index contributed by atoms with van der Waals surface area (Å²) in [7, 11) is 0. The molecule has 0 spiro atoms. The topological polar surface area (TPSA) is 49.4 Å². The van der Waals surface area contributed by atoms with Gasteiger partial charge >= 0.3 is 0 Å². The predicted molar refractivity (Wildman–Crippen MR) is 80.4 cm³/mol. The van der Waals surface area contributed by atoms with Crippen LogP contribution >= 0.6 is 0 Å². The number of nitrogens with one attached hydrogen (secondary N) is 1. The molecule has 1 aliphatic heterocycles. The zero-order chi connectivity index (χ0) is 15.2. The van der Waals surface area contributed by atoms with E-state index < -0.39 is 12.1 Å². The van der Waals surface area contributed by atoms with Gasteiger partial charge in [0.25, 0.3) is 0 Å². The summed E-state index contributed by atoms with van der Waals surface area (Å²) in [4.78, 5) is 27.1. The Bertz CT molecular complexity index is 563. The highest BCUT2D eigenvalue weighted by atomic mass is 16.2. The Morgan fingerprint density at radius 3 is 2.33 bits per heavy atom. The van der Waals surface area contributed by atoms with Crippen molar-refractivity contribution in [2.45, 2.75) is 51.2 Å². The molecule has 0 radical (unpaired) electrons. The van der Waals surface area contributed by atoms with Gasteiger partial charge in [0.15, 0.2) is 0 Å². The molecule has 112 valence electrons. The second-order valence-corrected chi connectivity index (χ2v) is 6.68. The van der Waals surface area contributed by atoms with Crippen molar-refractivity contribution in [3.05, 3.63) is 35.9 Å². The lowest BCUT2D eigenvalue weighted by Crippen LogP contribution is -2.64. The number of benzene rings is 1. The van der Waals surface area contributed by atoms with Crippen molar-refractivity contribution in [2.75, 3.05) is 0 Å². The first-order valence-electron chi connectivity index (χ1n) is 7.61. The van der Waals surface area contributed by atoms with Gasteiger partial charge in [0.2, 0.25) is 11.8 Å². The molecule has 21 heavy (non-hydrogen) atoms. The number of rotatable bonds is 3. The molecule has 0 bridgehead atoms. The minimum atomic E-state index is -0.523. The maximum atomic E-state index is 12.7. The summed E-state index contributed by atoms with van der Waals surface area (Å²) in [5.41, 5.74) is 0.591. The Morgan fingerprint density at radius 1 is 1.14 bits per heavy atom. The van der Waals surface area contributed by atoms with Crippen LogP contribution in [0.4, 0.5) is 0 Å². The van der Waals surface area contributed by atoms with E-state index in [1.165, 1.54) is 0 Å². The second-order valence-electron chi connectivity index (χ2n) is 6.68. The summed E-state index contributed by atoms with van der Waals surface area (Å²) >= 11 is 0. The van der Waals surface area contributed by atoms with E-state index in [0.29, 0.717) is 5.92 Å². The van der Waals surface area contributed by atoms with E-state index in [1.54, 1.807) is 6.92 Å². The summed E-state index contributed by atoms with van der Waals surface area (Å²) in [6, 6.07) is 8.61. The minimum absolute atomic E-state index is 0.0142. The van der Waals surface area contributed by atoms with E-state index in [2.05, 4.69) is 19.2 Å². The molecule has 4 nitrogen and oxygen atoms in total. The highest BCUT2D eigenvalue weighted by molar-refractivity contribution is 5.97. The first-order valence-corrected chi connectivity index (χ1v) is 7.61. The average Bonchev–Trinajstić information content (AvgIpc) is 3.28. The Balaban J connectivity index is 2.05. The maximum absolute atomic E-state index is 12.7. The Morgan fingerprint density at radius 2 is 1.76 bits per heavy atom. The van der Waals surface area contributed by atoms with E-state index in [1.807, 2.05) is 35.2 Å². The van der Waals surface area contributed by atoms with Gasteiger partial charge in [-0.2, -0.15) is 0 Å². The Labute approximate surface area is 125 Å². The third-order valence-corrected chi connectivity index (χ3v) is 4.79. The van der Waals surface area contributed by atoms with E-state index >= 15 is 0 Å². The van der Waals surface area contributed by atoms with Crippen LogP contribution in [0, 0.1) is 5.92 Å². The predicted octanol–water partition coefficient (Wildman–Crippen LogP) is 2.26. The minimum Gasteiger partial charge on any atom is -0.342 e. The molecule has 1 aromatic rings. The molecule has 1 saturated carbocycles. The number of hydrogen-bond acceptors (Lipinski definition) is 2. The largest absolute Gasteiger partial charge is 0.342 e. The van der Waals surface area contributed by atoms with Crippen molar-refractivity contribution in [3.63, 3.8) is 0 Å². The fraction of sp³-hybridized carbons (Fsp3) is 0.529. The number of carbonyl (C=O) groups excluding carboxylic acids is 2. The summed E-state index contributed by atoms with van der Waals surface area (Å²) < 4.78 is 0. The number of carbonyl (C=O) groups is 2. The molecule has 4 heteroatoms. The van der Waals surface area contributed by atoms with Gasteiger partial charge in [-0.3, -0.25) is 9.59 Å². The average molecular weight is 286 g/mol. The third kappa shape index (κ3) is 2.33. The van der Waals surface area contributed by atoms with Gasteiger partial charge in [0.1, 0.15) is 12.1 Å². The van der Waals surface area contributed by atoms with Crippen molar-refractivity contribution in [1.29, 1.82) is 0 Å². The summed E-state index contributed by atoms with van der Waals surface area (Å²) in [5, 5.41) is 2.81. The van der Waals surface area contributed by atoms with Crippen LogP contribution < -0.4 is 5.32 Å². The lowest BCUT2D eigenvalue weighted by atomic mass is 9.88. The van der Waals surface area contributed by atoms with E-state index in [4.69, 9.17) is 0 Å². The lowest BCUT2D eigenvalue weighted by molar-refractivity contribution is -0.156. The van der Waals surface area contributed by atoms with Crippen molar-refractivity contribution >= 4 is 11.8 Å². The quantitative estimate of drug-likeness (QED) is 0.926. The Hall–Kier alpha value is -1.84. The van der Waals surface area contributed by atoms with Crippen LogP contribution in [-0.2, 0) is 9.59 Å². The van der Waals surface area contributed by atoms with E-state index in [-0.39, 0.29) is 17.4 Å². The van der Waals surface area contributed by atoms with Crippen LogP contribution in [0.2, 0.25) is 0 Å². The number of hydrogen-bond donors (Lipinski definition) is 1. The molecule has 2 atom stereocenters. The molecule has 2 fully saturated rings. The fourth-order valence-corrected chi connectivity index (χ4v) is 3.35. The molecule has 2 amide bonds. The van der Waals surface area contributed by atoms with Crippen LogP contribution in [-0.4, -0.2) is 28.3 Å². The smallest absolute Gasteiger partial charge is 0.248 e. The zero-order valence-corrected chi connectivity index (χ0v) is 12.8. The molecule has 1 saturated heterocycles. The molecular weight excluding hydrogens is 264 g/mol. The molecule has 0 aromatic heterocycles. The summed E-state index contributed by atoms with van der Waals surface area (Å²) in [6.07, 6.45) is 2.27. The standard InChI is InChI=1S/C17H22N2O2/c1-11-16(21)19(17(2,3)13-9-10-13)14(15(20)18-11)12-7-5-4-6-8-12/h4-8,11,13-14H,9-10H2,1-3H3,(H,18,20). The van der Waals surface area contributed by atoms with Crippen molar-refractivity contribution < 1.29 is 9.59 Å². The van der Waals surface area contributed by atoms with Crippen LogP contribution in [0.1, 0.15) is 45.2 Å². The highest BCUT2D eigenvalue weighted by Crippen LogP contribution is 2.46. The summed E-state index contributed by atoms with van der Waals surface area (Å²) in [6.45, 7) is 5.94. The molecule has 2 unspecified atom stereocenters. The molecule has 1 heterocycles. The van der Waals surface area contributed by atoms with Gasteiger partial charge in [0, 0.05) is 5.54 Å². The normalized spacial score (nSPS) is 26.7. The number of amides is 2. The van der Waals surface area contributed by atoms with Crippen LogP contribution in [0.5, 0.6) is 0 Å². The molecule has 1 aromatic carbocycles. The van der Waals surface area contributed by atoms with Gasteiger partial charge in [-0.05, 0) is 45.1 Å². The first kappa shape index (κ1) is 14.1. The van der Waals surface area contributed by atoms with Crippen molar-refractivity contribution in [1.82, 2.24) is 10.2 Å². The van der Waals surface area contributed by atoms with Gasteiger partial charge in [-0.25, -0.2) is 0 Å². The third-order valence-electron chi connectivity index (χ3n) is 4.79. The van der Waals surface area contributed by atoms with Gasteiger partial charge in [0.05, 0.1) is 0 Å². The SMILES string of the molecule is CC1NC(=O)C(c2ccccc2)N(C(C)(C)C2CC2)C1=O. The molecule has 1 N–H and O–H groups in total. The summed E-state index contributed by atoms with van der Waals surface area (Å²) in [5.74, 6) is 0.424. The van der Waals surface area contributed by atoms with Crippen LogP contribution in [0.25, 0.3) is 0 Å². The number of piperazine rings is 1. The van der Waals surface area contributed by atoms with Crippen molar-refractivity contribution in [3.8, 4) is 0 Å². The molecule has 2 aliphatic rings. The molecule has 3 rings (SSSR count). The van der Waals surface area contributed by atoms with Crippen LogP contribution in [0.15, 0.2) is 30.3 Å². The Kier molecular flexibility index (Phi) is 3.27. The van der Waals surface area contributed by atoms with E-state index in [9.17, 15) is 9.59 Å². The van der Waals surface area contributed by atoms with Crippen molar-refractivity contribution in [2.24, 2.45) is 5.92 Å².